The molecule has 0 aliphatic heterocycles. The minimum atomic E-state index is 0.600. The Kier molecular flexibility index (Phi) is 3.33. The maximum Gasteiger partial charge on any atom is -0.0155 e. The van der Waals surface area contributed by atoms with E-state index < -0.39 is 0 Å². The normalized spacial score (nSPS) is 10.9. The van der Waals surface area contributed by atoms with Crippen LogP contribution < -0.4 is 0 Å². The highest BCUT2D eigenvalue weighted by Gasteiger charge is 2.03. The summed E-state index contributed by atoms with van der Waals surface area (Å²) < 4.78 is 0. The molecule has 0 heterocycles. The molecule has 0 aliphatic rings. The molecule has 0 aliphatic carbocycles. The molecule has 0 saturated carbocycles. The summed E-state index contributed by atoms with van der Waals surface area (Å²) in [7, 11) is 0. The number of aryl methyl sites for hydroxylation is 2. The Bertz CT molecular complexity index is 504. The molecule has 0 spiro atoms. The Labute approximate surface area is 104 Å². The van der Waals surface area contributed by atoms with Crippen LogP contribution in [0.25, 0.3) is 11.1 Å². The van der Waals surface area contributed by atoms with E-state index in [9.17, 15) is 0 Å². The monoisotopic (exact) mass is 224 g/mol. The van der Waals surface area contributed by atoms with Gasteiger partial charge in [0.05, 0.1) is 0 Å². The van der Waals surface area contributed by atoms with E-state index in [1.165, 1.54) is 27.8 Å². The quantitative estimate of drug-likeness (QED) is 0.666. The van der Waals surface area contributed by atoms with Crippen LogP contribution in [0.2, 0.25) is 0 Å². The van der Waals surface area contributed by atoms with E-state index in [2.05, 4.69) is 70.2 Å². The highest BCUT2D eigenvalue weighted by atomic mass is 14.1. The Morgan fingerprint density at radius 2 is 1.47 bits per heavy atom. The molecule has 2 aromatic carbocycles. The number of benzene rings is 2. The van der Waals surface area contributed by atoms with Gasteiger partial charge in [-0.05, 0) is 42.0 Å². The SMILES string of the molecule is Cc1ccc(-c2ccc(C(C)C)cc2)c(C)c1. The van der Waals surface area contributed by atoms with E-state index >= 15 is 0 Å². The lowest BCUT2D eigenvalue weighted by Gasteiger charge is -2.09. The Morgan fingerprint density at radius 1 is 0.824 bits per heavy atom. The topological polar surface area (TPSA) is 0 Å². The maximum absolute atomic E-state index is 2.24. The molecule has 0 saturated heterocycles. The summed E-state index contributed by atoms with van der Waals surface area (Å²) >= 11 is 0. The maximum atomic E-state index is 2.24. The first-order valence-electron chi connectivity index (χ1n) is 6.25. The molecule has 0 amide bonds. The van der Waals surface area contributed by atoms with Crippen LogP contribution in [-0.4, -0.2) is 0 Å². The van der Waals surface area contributed by atoms with Crippen molar-refractivity contribution in [1.82, 2.24) is 0 Å². The van der Waals surface area contributed by atoms with Gasteiger partial charge in [0.1, 0.15) is 0 Å². The van der Waals surface area contributed by atoms with E-state index in [0.717, 1.165) is 0 Å². The third kappa shape index (κ3) is 2.58. The zero-order chi connectivity index (χ0) is 12.4. The van der Waals surface area contributed by atoms with Crippen LogP contribution >= 0.6 is 0 Å². The highest BCUT2D eigenvalue weighted by molar-refractivity contribution is 5.67. The van der Waals surface area contributed by atoms with Crippen LogP contribution in [0.4, 0.5) is 0 Å². The van der Waals surface area contributed by atoms with Crippen molar-refractivity contribution in [2.75, 3.05) is 0 Å². The fourth-order valence-electron chi connectivity index (χ4n) is 2.19. The van der Waals surface area contributed by atoms with Gasteiger partial charge in [-0.3, -0.25) is 0 Å². The van der Waals surface area contributed by atoms with Gasteiger partial charge in [-0.15, -0.1) is 0 Å². The van der Waals surface area contributed by atoms with E-state index in [4.69, 9.17) is 0 Å². The van der Waals surface area contributed by atoms with Gasteiger partial charge in [-0.1, -0.05) is 61.9 Å². The minimum absolute atomic E-state index is 0.600. The average Bonchev–Trinajstić information content (AvgIpc) is 2.29. The van der Waals surface area contributed by atoms with Crippen molar-refractivity contribution >= 4 is 0 Å². The van der Waals surface area contributed by atoms with Crippen molar-refractivity contribution in [1.29, 1.82) is 0 Å². The summed E-state index contributed by atoms with van der Waals surface area (Å²) in [5, 5.41) is 0. The second-order valence-corrected chi connectivity index (χ2v) is 5.10. The largest absolute Gasteiger partial charge is 0.0587 e. The molecular weight excluding hydrogens is 204 g/mol. The predicted molar refractivity (Wildman–Crippen MR) is 75.4 cm³/mol. The van der Waals surface area contributed by atoms with E-state index in [-0.39, 0.29) is 0 Å². The van der Waals surface area contributed by atoms with E-state index in [1.54, 1.807) is 0 Å². The van der Waals surface area contributed by atoms with Gasteiger partial charge in [0.25, 0.3) is 0 Å². The summed E-state index contributed by atoms with van der Waals surface area (Å²) in [5.74, 6) is 0.600. The molecule has 0 bridgehead atoms. The third-order valence-corrected chi connectivity index (χ3v) is 3.27. The van der Waals surface area contributed by atoms with Crippen molar-refractivity contribution in [2.24, 2.45) is 0 Å². The van der Waals surface area contributed by atoms with Crippen LogP contribution in [0.15, 0.2) is 42.5 Å². The van der Waals surface area contributed by atoms with Gasteiger partial charge in [0, 0.05) is 0 Å². The molecule has 0 unspecified atom stereocenters. The second kappa shape index (κ2) is 4.75. The number of hydrogen-bond donors (Lipinski definition) is 0. The zero-order valence-electron chi connectivity index (χ0n) is 11.1. The van der Waals surface area contributed by atoms with Gasteiger partial charge >= 0.3 is 0 Å². The Balaban J connectivity index is 2.40. The van der Waals surface area contributed by atoms with Crippen LogP contribution in [-0.2, 0) is 0 Å². The average molecular weight is 224 g/mol. The molecule has 0 radical (unpaired) electrons. The molecular formula is C17H20. The third-order valence-electron chi connectivity index (χ3n) is 3.27. The molecule has 0 fully saturated rings. The molecule has 0 aromatic heterocycles. The Hall–Kier alpha value is -1.56. The number of rotatable bonds is 2. The molecule has 88 valence electrons. The van der Waals surface area contributed by atoms with Crippen molar-refractivity contribution in [3.8, 4) is 11.1 Å². The highest BCUT2D eigenvalue weighted by Crippen LogP contribution is 2.26. The molecule has 17 heavy (non-hydrogen) atoms. The predicted octanol–water partition coefficient (Wildman–Crippen LogP) is 5.09. The van der Waals surface area contributed by atoms with Crippen molar-refractivity contribution in [3.63, 3.8) is 0 Å². The van der Waals surface area contributed by atoms with Gasteiger partial charge in [0.2, 0.25) is 0 Å². The molecule has 0 N–H and O–H groups in total. The molecule has 0 heteroatoms. The lowest BCUT2D eigenvalue weighted by atomic mass is 9.96. The van der Waals surface area contributed by atoms with Crippen molar-refractivity contribution in [2.45, 2.75) is 33.6 Å². The molecule has 0 atom stereocenters. The Morgan fingerprint density at radius 3 is 2.00 bits per heavy atom. The van der Waals surface area contributed by atoms with Crippen LogP contribution in [0.1, 0.15) is 36.5 Å². The fourth-order valence-corrected chi connectivity index (χ4v) is 2.19. The minimum Gasteiger partial charge on any atom is -0.0587 e. The van der Waals surface area contributed by atoms with E-state index in [0.29, 0.717) is 5.92 Å². The van der Waals surface area contributed by atoms with Crippen molar-refractivity contribution < 1.29 is 0 Å². The fraction of sp³-hybridized carbons (Fsp3) is 0.294. The smallest absolute Gasteiger partial charge is 0.0155 e. The first-order valence-corrected chi connectivity index (χ1v) is 6.25. The van der Waals surface area contributed by atoms with Crippen LogP contribution in [0.3, 0.4) is 0 Å². The van der Waals surface area contributed by atoms with Gasteiger partial charge in [0.15, 0.2) is 0 Å². The zero-order valence-corrected chi connectivity index (χ0v) is 11.1. The number of hydrogen-bond acceptors (Lipinski definition) is 0. The summed E-state index contributed by atoms with van der Waals surface area (Å²) in [5.41, 5.74) is 6.73. The van der Waals surface area contributed by atoms with E-state index in [1.807, 2.05) is 0 Å². The summed E-state index contributed by atoms with van der Waals surface area (Å²) in [6.07, 6.45) is 0. The first-order chi connectivity index (χ1) is 8.08. The summed E-state index contributed by atoms with van der Waals surface area (Å²) in [6.45, 7) is 8.77. The lowest BCUT2D eigenvalue weighted by Crippen LogP contribution is -1.88. The second-order valence-electron chi connectivity index (χ2n) is 5.10. The molecule has 2 aromatic rings. The lowest BCUT2D eigenvalue weighted by molar-refractivity contribution is 0.867. The van der Waals surface area contributed by atoms with Crippen molar-refractivity contribution in [3.05, 3.63) is 59.2 Å². The molecule has 0 nitrogen and oxygen atoms in total. The van der Waals surface area contributed by atoms with Gasteiger partial charge < -0.3 is 0 Å². The van der Waals surface area contributed by atoms with Gasteiger partial charge in [-0.2, -0.15) is 0 Å². The molecule has 2 rings (SSSR count). The van der Waals surface area contributed by atoms with Crippen LogP contribution in [0.5, 0.6) is 0 Å². The summed E-state index contributed by atoms with van der Waals surface area (Å²) in [6, 6.07) is 15.6. The first kappa shape index (κ1) is 11.9. The van der Waals surface area contributed by atoms with Crippen LogP contribution in [0, 0.1) is 13.8 Å². The summed E-state index contributed by atoms with van der Waals surface area (Å²) in [4.78, 5) is 0. The standard InChI is InChI=1S/C17H20/c1-12(2)15-6-8-16(9-7-15)17-10-5-13(3)11-14(17)4/h5-12H,1-4H3. The van der Waals surface area contributed by atoms with Gasteiger partial charge in [-0.25, -0.2) is 0 Å².